The highest BCUT2D eigenvalue weighted by molar-refractivity contribution is 14.0. The van der Waals surface area contributed by atoms with Crippen molar-refractivity contribution in [3.05, 3.63) is 22.4 Å². The van der Waals surface area contributed by atoms with Crippen LogP contribution in [0.5, 0.6) is 0 Å². The van der Waals surface area contributed by atoms with Crippen molar-refractivity contribution in [1.29, 1.82) is 0 Å². The number of ether oxygens (including phenoxy) is 3. The molecule has 2 heterocycles. The van der Waals surface area contributed by atoms with Crippen molar-refractivity contribution in [3.63, 3.8) is 0 Å². The van der Waals surface area contributed by atoms with E-state index in [1.807, 2.05) is 18.4 Å². The first-order chi connectivity index (χ1) is 13.3. The third-order valence-corrected chi connectivity index (χ3v) is 5.46. The molecule has 0 bridgehead atoms. The van der Waals surface area contributed by atoms with Gasteiger partial charge in [-0.1, -0.05) is 6.07 Å². The summed E-state index contributed by atoms with van der Waals surface area (Å²) in [6, 6.07) is 4.68. The Morgan fingerprint density at radius 2 is 2.07 bits per heavy atom. The van der Waals surface area contributed by atoms with Gasteiger partial charge in [-0.05, 0) is 24.3 Å². The van der Waals surface area contributed by atoms with Crippen molar-refractivity contribution in [2.75, 3.05) is 73.4 Å². The number of nitrogens with zero attached hydrogens (tertiary/aromatic N) is 2. The van der Waals surface area contributed by atoms with Crippen molar-refractivity contribution < 1.29 is 14.2 Å². The van der Waals surface area contributed by atoms with Crippen molar-refractivity contribution in [3.8, 4) is 0 Å². The van der Waals surface area contributed by atoms with Gasteiger partial charge in [-0.15, -0.1) is 35.3 Å². The van der Waals surface area contributed by atoms with Gasteiger partial charge in [0.25, 0.3) is 0 Å². The number of halogens is 1. The standard InChI is InChI=1S/C19H34N4O3S.HI/c1-20-19(21-7-3-4-10-25-14-13-24-2)22-16-17(18-6-5-15-27-18)23-8-11-26-12-9-23;/h5-6,15,17H,3-4,7-14,16H2,1-2H3,(H2,20,21,22);1H. The van der Waals surface area contributed by atoms with Crippen LogP contribution in [-0.4, -0.2) is 84.2 Å². The lowest BCUT2D eigenvalue weighted by molar-refractivity contribution is 0.0177. The minimum absolute atomic E-state index is 0. The summed E-state index contributed by atoms with van der Waals surface area (Å²) in [6.07, 6.45) is 2.07. The number of guanidine groups is 1. The summed E-state index contributed by atoms with van der Waals surface area (Å²) in [5.41, 5.74) is 0. The second kappa shape index (κ2) is 16.3. The van der Waals surface area contributed by atoms with Gasteiger partial charge in [-0.25, -0.2) is 0 Å². The molecule has 0 aromatic carbocycles. The molecule has 28 heavy (non-hydrogen) atoms. The van der Waals surface area contributed by atoms with Crippen LogP contribution in [0, 0.1) is 0 Å². The fourth-order valence-electron chi connectivity index (χ4n) is 2.97. The summed E-state index contributed by atoms with van der Waals surface area (Å²) in [7, 11) is 3.51. The first kappa shape index (κ1) is 25.6. The van der Waals surface area contributed by atoms with E-state index in [4.69, 9.17) is 14.2 Å². The number of hydrogen-bond acceptors (Lipinski definition) is 6. The fourth-order valence-corrected chi connectivity index (χ4v) is 3.83. The summed E-state index contributed by atoms with van der Waals surface area (Å²) in [4.78, 5) is 8.23. The van der Waals surface area contributed by atoms with Crippen LogP contribution in [0.4, 0.5) is 0 Å². The van der Waals surface area contributed by atoms with E-state index < -0.39 is 0 Å². The van der Waals surface area contributed by atoms with E-state index in [9.17, 15) is 0 Å². The van der Waals surface area contributed by atoms with Gasteiger partial charge in [0.2, 0.25) is 0 Å². The van der Waals surface area contributed by atoms with Gasteiger partial charge in [0, 0.05) is 51.8 Å². The first-order valence-electron chi connectivity index (χ1n) is 9.71. The summed E-state index contributed by atoms with van der Waals surface area (Å²) in [5, 5.41) is 9.03. The van der Waals surface area contributed by atoms with Gasteiger partial charge in [-0.2, -0.15) is 0 Å². The minimum Gasteiger partial charge on any atom is -0.382 e. The molecule has 1 aliphatic heterocycles. The average molecular weight is 526 g/mol. The van der Waals surface area contributed by atoms with Crippen LogP contribution in [-0.2, 0) is 14.2 Å². The van der Waals surface area contributed by atoms with E-state index >= 15 is 0 Å². The number of thiophene rings is 1. The van der Waals surface area contributed by atoms with Crippen molar-refractivity contribution in [2.45, 2.75) is 18.9 Å². The maximum Gasteiger partial charge on any atom is 0.191 e. The Kier molecular flexibility index (Phi) is 14.9. The second-order valence-corrected chi connectivity index (χ2v) is 7.35. The quantitative estimate of drug-likeness (QED) is 0.189. The van der Waals surface area contributed by atoms with Crippen LogP contribution in [0.1, 0.15) is 23.8 Å². The van der Waals surface area contributed by atoms with Crippen molar-refractivity contribution >= 4 is 41.3 Å². The van der Waals surface area contributed by atoms with Crippen LogP contribution in [0.25, 0.3) is 0 Å². The predicted molar refractivity (Wildman–Crippen MR) is 126 cm³/mol. The highest BCUT2D eigenvalue weighted by Gasteiger charge is 2.23. The molecule has 0 amide bonds. The molecule has 0 saturated carbocycles. The van der Waals surface area contributed by atoms with Gasteiger partial charge < -0.3 is 24.8 Å². The number of rotatable bonds is 12. The van der Waals surface area contributed by atoms with Crippen LogP contribution < -0.4 is 10.6 Å². The molecule has 0 aliphatic carbocycles. The third-order valence-electron chi connectivity index (χ3n) is 4.48. The average Bonchev–Trinajstić information content (AvgIpc) is 3.24. The molecule has 0 radical (unpaired) electrons. The minimum atomic E-state index is 0. The summed E-state index contributed by atoms with van der Waals surface area (Å²) in [5.74, 6) is 0.852. The van der Waals surface area contributed by atoms with Gasteiger partial charge >= 0.3 is 0 Å². The molecule has 1 fully saturated rings. The van der Waals surface area contributed by atoms with Gasteiger partial charge in [0.15, 0.2) is 5.96 Å². The maximum atomic E-state index is 5.51. The van der Waals surface area contributed by atoms with E-state index in [1.165, 1.54) is 4.88 Å². The zero-order valence-electron chi connectivity index (χ0n) is 17.0. The Hall–Kier alpha value is -0.460. The Balaban J connectivity index is 0.00000392. The van der Waals surface area contributed by atoms with E-state index in [1.54, 1.807) is 7.11 Å². The molecule has 2 N–H and O–H groups in total. The van der Waals surface area contributed by atoms with E-state index in [0.717, 1.165) is 64.8 Å². The topological polar surface area (TPSA) is 67.4 Å². The van der Waals surface area contributed by atoms with E-state index in [-0.39, 0.29) is 24.0 Å². The zero-order chi connectivity index (χ0) is 19.2. The van der Waals surface area contributed by atoms with Crippen LogP contribution in [0.2, 0.25) is 0 Å². The van der Waals surface area contributed by atoms with E-state index in [0.29, 0.717) is 19.3 Å². The Labute approximate surface area is 190 Å². The molecular weight excluding hydrogens is 491 g/mol. The third kappa shape index (κ3) is 9.84. The van der Waals surface area contributed by atoms with E-state index in [2.05, 4.69) is 38.0 Å². The largest absolute Gasteiger partial charge is 0.382 e. The summed E-state index contributed by atoms with van der Waals surface area (Å²) < 4.78 is 16.0. The second-order valence-electron chi connectivity index (χ2n) is 6.37. The van der Waals surface area contributed by atoms with Crippen LogP contribution in [0.15, 0.2) is 22.5 Å². The molecule has 0 spiro atoms. The number of nitrogens with one attached hydrogen (secondary N) is 2. The van der Waals surface area contributed by atoms with Gasteiger partial charge in [-0.3, -0.25) is 9.89 Å². The predicted octanol–water partition coefficient (Wildman–Crippen LogP) is 2.35. The normalized spacial score (nSPS) is 16.4. The molecular formula is C19H35IN4O3S. The highest BCUT2D eigenvalue weighted by atomic mass is 127. The molecule has 162 valence electrons. The molecule has 1 saturated heterocycles. The molecule has 1 aliphatic rings. The molecule has 2 rings (SSSR count). The Bertz CT molecular complexity index is 513. The summed E-state index contributed by atoms with van der Waals surface area (Å²) >= 11 is 1.81. The lowest BCUT2D eigenvalue weighted by Gasteiger charge is -2.34. The number of aliphatic imine (C=N–C) groups is 1. The maximum absolute atomic E-state index is 5.51. The molecule has 1 aromatic heterocycles. The number of hydrogen-bond donors (Lipinski definition) is 2. The van der Waals surface area contributed by atoms with Crippen LogP contribution >= 0.6 is 35.3 Å². The SMILES string of the molecule is CN=C(NCCCCOCCOC)NCC(c1cccs1)N1CCOCC1.I. The number of methoxy groups -OCH3 is 1. The summed E-state index contributed by atoms with van der Waals surface area (Å²) in [6.45, 7) is 7.37. The lowest BCUT2D eigenvalue weighted by atomic mass is 10.2. The zero-order valence-corrected chi connectivity index (χ0v) is 20.2. The molecule has 1 atom stereocenters. The highest BCUT2D eigenvalue weighted by Crippen LogP contribution is 2.25. The molecule has 7 nitrogen and oxygen atoms in total. The van der Waals surface area contributed by atoms with Crippen LogP contribution in [0.3, 0.4) is 0 Å². The molecule has 9 heteroatoms. The smallest absolute Gasteiger partial charge is 0.191 e. The number of morpholine rings is 1. The molecule has 1 aromatic rings. The van der Waals surface area contributed by atoms with Gasteiger partial charge in [0.1, 0.15) is 0 Å². The molecule has 1 unspecified atom stereocenters. The lowest BCUT2D eigenvalue weighted by Crippen LogP contribution is -2.46. The van der Waals surface area contributed by atoms with Crippen molar-refractivity contribution in [1.82, 2.24) is 15.5 Å². The first-order valence-corrected chi connectivity index (χ1v) is 10.6. The van der Waals surface area contributed by atoms with Gasteiger partial charge in [0.05, 0.1) is 32.5 Å². The fraction of sp³-hybridized carbons (Fsp3) is 0.737. The van der Waals surface area contributed by atoms with Crippen molar-refractivity contribution in [2.24, 2.45) is 4.99 Å². The Morgan fingerprint density at radius 3 is 2.75 bits per heavy atom. The Morgan fingerprint density at radius 1 is 1.25 bits per heavy atom. The monoisotopic (exact) mass is 526 g/mol. The number of unbranched alkanes of at least 4 members (excludes halogenated alkanes) is 1.